The third-order valence-electron chi connectivity index (χ3n) is 3.73. The fourth-order valence-electron chi connectivity index (χ4n) is 2.58. The highest BCUT2D eigenvalue weighted by atomic mass is 16.6. The van der Waals surface area contributed by atoms with Crippen molar-refractivity contribution in [3.63, 3.8) is 0 Å². The molecule has 0 amide bonds. The van der Waals surface area contributed by atoms with E-state index in [9.17, 15) is 0 Å². The lowest BCUT2D eigenvalue weighted by Crippen LogP contribution is -2.48. The Balaban J connectivity index is 1.68. The number of ether oxygens (including phenoxy) is 2. The molecule has 0 aromatic heterocycles. The molecular formula is C15H21NO2. The number of nitrogens with one attached hydrogen (secondary N) is 1. The molecule has 1 N–H and O–H groups in total. The number of hydrogen-bond acceptors (Lipinski definition) is 3. The van der Waals surface area contributed by atoms with Crippen LogP contribution in [-0.4, -0.2) is 25.3 Å². The normalized spacial score (nSPS) is 23.7. The van der Waals surface area contributed by atoms with Gasteiger partial charge in [-0.2, -0.15) is 0 Å². The summed E-state index contributed by atoms with van der Waals surface area (Å²) in [5.74, 6) is 2.65. The Morgan fingerprint density at radius 2 is 2.06 bits per heavy atom. The van der Waals surface area contributed by atoms with Gasteiger partial charge in [0.1, 0.15) is 12.7 Å². The standard InChI is InChI=1S/C15H21NO2/c1-2-16-12(9-11-7-8-11)15-10-17-13-5-3-4-6-14(13)18-15/h3-6,11-12,15-16H,2,7-10H2,1H3. The molecule has 0 saturated heterocycles. The largest absolute Gasteiger partial charge is 0.486 e. The molecule has 3 rings (SSSR count). The van der Waals surface area contributed by atoms with Gasteiger partial charge in [0.05, 0.1) is 0 Å². The third kappa shape index (κ3) is 2.61. The summed E-state index contributed by atoms with van der Waals surface area (Å²) in [5.41, 5.74) is 0. The minimum Gasteiger partial charge on any atom is -0.486 e. The molecule has 1 saturated carbocycles. The second kappa shape index (κ2) is 5.19. The average molecular weight is 247 g/mol. The number of fused-ring (bicyclic) bond motifs is 1. The van der Waals surface area contributed by atoms with Gasteiger partial charge in [0.2, 0.25) is 0 Å². The number of benzene rings is 1. The van der Waals surface area contributed by atoms with Crippen LogP contribution < -0.4 is 14.8 Å². The molecule has 1 aliphatic carbocycles. The quantitative estimate of drug-likeness (QED) is 0.867. The van der Waals surface area contributed by atoms with Crippen LogP contribution in [0.4, 0.5) is 0 Å². The Labute approximate surface area is 108 Å². The lowest BCUT2D eigenvalue weighted by atomic mass is 10.0. The highest BCUT2D eigenvalue weighted by Gasteiger charge is 2.33. The third-order valence-corrected chi connectivity index (χ3v) is 3.73. The molecule has 2 atom stereocenters. The molecule has 0 spiro atoms. The number of para-hydroxylation sites is 2. The Morgan fingerprint density at radius 3 is 2.78 bits per heavy atom. The van der Waals surface area contributed by atoms with Crippen LogP contribution in [0.3, 0.4) is 0 Å². The average Bonchev–Trinajstić information content (AvgIpc) is 3.22. The van der Waals surface area contributed by atoms with Crippen LogP contribution in [0.5, 0.6) is 11.5 Å². The van der Waals surface area contributed by atoms with E-state index in [1.54, 1.807) is 0 Å². The van der Waals surface area contributed by atoms with Crippen LogP contribution in [0.1, 0.15) is 26.2 Å². The first kappa shape index (κ1) is 11.8. The fourth-order valence-corrected chi connectivity index (χ4v) is 2.58. The zero-order valence-corrected chi connectivity index (χ0v) is 10.9. The summed E-state index contributed by atoms with van der Waals surface area (Å²) < 4.78 is 11.9. The summed E-state index contributed by atoms with van der Waals surface area (Å²) in [6.07, 6.45) is 4.11. The molecule has 18 heavy (non-hydrogen) atoms. The lowest BCUT2D eigenvalue weighted by molar-refractivity contribution is 0.0583. The van der Waals surface area contributed by atoms with E-state index in [0.29, 0.717) is 12.6 Å². The minimum atomic E-state index is 0.139. The van der Waals surface area contributed by atoms with Crippen molar-refractivity contribution >= 4 is 0 Å². The van der Waals surface area contributed by atoms with Crippen molar-refractivity contribution in [3.05, 3.63) is 24.3 Å². The van der Waals surface area contributed by atoms with Crippen molar-refractivity contribution in [3.8, 4) is 11.5 Å². The van der Waals surface area contributed by atoms with E-state index in [1.807, 2.05) is 24.3 Å². The molecule has 0 bridgehead atoms. The first-order chi connectivity index (χ1) is 8.86. The van der Waals surface area contributed by atoms with Crippen molar-refractivity contribution in [2.24, 2.45) is 5.92 Å². The molecule has 3 heteroatoms. The van der Waals surface area contributed by atoms with E-state index < -0.39 is 0 Å². The fraction of sp³-hybridized carbons (Fsp3) is 0.600. The van der Waals surface area contributed by atoms with Gasteiger partial charge in [0, 0.05) is 6.04 Å². The van der Waals surface area contributed by atoms with Gasteiger partial charge in [0.15, 0.2) is 11.5 Å². The number of rotatable bonds is 5. The van der Waals surface area contributed by atoms with E-state index in [1.165, 1.54) is 19.3 Å². The Kier molecular flexibility index (Phi) is 3.41. The predicted octanol–water partition coefficient (Wildman–Crippen LogP) is 2.60. The van der Waals surface area contributed by atoms with E-state index in [0.717, 1.165) is 24.0 Å². The highest BCUT2D eigenvalue weighted by molar-refractivity contribution is 5.40. The number of hydrogen-bond donors (Lipinski definition) is 1. The maximum atomic E-state index is 6.09. The molecule has 1 fully saturated rings. The van der Waals surface area contributed by atoms with E-state index in [2.05, 4.69) is 12.2 Å². The Morgan fingerprint density at radius 1 is 1.28 bits per heavy atom. The summed E-state index contributed by atoms with van der Waals surface area (Å²) in [6.45, 7) is 3.79. The molecule has 3 nitrogen and oxygen atoms in total. The lowest BCUT2D eigenvalue weighted by Gasteiger charge is -2.32. The summed E-state index contributed by atoms with van der Waals surface area (Å²) >= 11 is 0. The molecule has 2 aliphatic rings. The summed E-state index contributed by atoms with van der Waals surface area (Å²) in [7, 11) is 0. The second-order valence-electron chi connectivity index (χ2n) is 5.26. The Bertz CT molecular complexity index is 403. The monoisotopic (exact) mass is 247 g/mol. The summed E-state index contributed by atoms with van der Waals surface area (Å²) in [5, 5.41) is 3.55. The van der Waals surface area contributed by atoms with Gasteiger partial charge in [-0.1, -0.05) is 31.9 Å². The van der Waals surface area contributed by atoms with Gasteiger partial charge in [-0.3, -0.25) is 0 Å². The van der Waals surface area contributed by atoms with E-state index in [-0.39, 0.29) is 6.10 Å². The number of likely N-dealkylation sites (N-methyl/N-ethyl adjacent to an activating group) is 1. The first-order valence-electron chi connectivity index (χ1n) is 6.98. The topological polar surface area (TPSA) is 30.5 Å². The molecule has 1 aliphatic heterocycles. The highest BCUT2D eigenvalue weighted by Crippen LogP contribution is 2.37. The van der Waals surface area contributed by atoms with Gasteiger partial charge < -0.3 is 14.8 Å². The second-order valence-corrected chi connectivity index (χ2v) is 5.26. The van der Waals surface area contributed by atoms with Crippen LogP contribution in [0.15, 0.2) is 24.3 Å². The van der Waals surface area contributed by atoms with Gasteiger partial charge in [-0.15, -0.1) is 0 Å². The van der Waals surface area contributed by atoms with E-state index in [4.69, 9.17) is 9.47 Å². The Hall–Kier alpha value is -1.22. The SMILES string of the molecule is CCNC(CC1CC1)C1COc2ccccc2O1. The van der Waals surface area contributed by atoms with Crippen LogP contribution in [0.25, 0.3) is 0 Å². The van der Waals surface area contributed by atoms with Crippen molar-refractivity contribution < 1.29 is 9.47 Å². The van der Waals surface area contributed by atoms with Crippen molar-refractivity contribution in [2.75, 3.05) is 13.2 Å². The molecule has 1 heterocycles. The molecular weight excluding hydrogens is 226 g/mol. The maximum absolute atomic E-state index is 6.09. The molecule has 1 aromatic carbocycles. The van der Waals surface area contributed by atoms with Crippen LogP contribution in [0.2, 0.25) is 0 Å². The zero-order chi connectivity index (χ0) is 12.4. The zero-order valence-electron chi connectivity index (χ0n) is 10.9. The van der Waals surface area contributed by atoms with E-state index >= 15 is 0 Å². The van der Waals surface area contributed by atoms with Crippen LogP contribution in [-0.2, 0) is 0 Å². The molecule has 1 aromatic rings. The van der Waals surface area contributed by atoms with Gasteiger partial charge in [-0.25, -0.2) is 0 Å². The van der Waals surface area contributed by atoms with Gasteiger partial charge in [-0.05, 0) is 31.0 Å². The summed E-state index contributed by atoms with van der Waals surface area (Å²) in [4.78, 5) is 0. The van der Waals surface area contributed by atoms with Crippen molar-refractivity contribution in [2.45, 2.75) is 38.3 Å². The predicted molar refractivity (Wildman–Crippen MR) is 71.2 cm³/mol. The van der Waals surface area contributed by atoms with Crippen LogP contribution >= 0.6 is 0 Å². The molecule has 2 unspecified atom stereocenters. The van der Waals surface area contributed by atoms with Gasteiger partial charge in [0.25, 0.3) is 0 Å². The minimum absolute atomic E-state index is 0.139. The van der Waals surface area contributed by atoms with Crippen LogP contribution in [0, 0.1) is 5.92 Å². The van der Waals surface area contributed by atoms with Crippen molar-refractivity contribution in [1.82, 2.24) is 5.32 Å². The molecule has 0 radical (unpaired) electrons. The summed E-state index contributed by atoms with van der Waals surface area (Å²) in [6, 6.07) is 8.34. The molecule has 98 valence electrons. The maximum Gasteiger partial charge on any atom is 0.161 e. The first-order valence-corrected chi connectivity index (χ1v) is 6.98. The van der Waals surface area contributed by atoms with Crippen molar-refractivity contribution in [1.29, 1.82) is 0 Å². The van der Waals surface area contributed by atoms with Gasteiger partial charge >= 0.3 is 0 Å². The smallest absolute Gasteiger partial charge is 0.161 e.